The van der Waals surface area contributed by atoms with E-state index in [1.807, 2.05) is 16.9 Å². The first kappa shape index (κ1) is 22.7. The molecule has 7 nitrogen and oxygen atoms in total. The molecule has 1 aliphatic rings. The number of sulfonamides is 1. The first-order valence-corrected chi connectivity index (χ1v) is 11.5. The number of halogens is 3. The van der Waals surface area contributed by atoms with Gasteiger partial charge in [0.25, 0.3) is 0 Å². The lowest BCUT2D eigenvalue weighted by molar-refractivity contribution is -0.106. The van der Waals surface area contributed by atoms with Crippen molar-refractivity contribution in [1.82, 2.24) is 9.97 Å². The number of anilines is 1. The molecule has 1 aliphatic heterocycles. The summed E-state index contributed by atoms with van der Waals surface area (Å²) in [7, 11) is -4.71. The van der Waals surface area contributed by atoms with E-state index in [0.29, 0.717) is 23.3 Å². The van der Waals surface area contributed by atoms with E-state index in [2.05, 4.69) is 9.97 Å². The van der Waals surface area contributed by atoms with E-state index < -0.39 is 27.9 Å². The van der Waals surface area contributed by atoms with Gasteiger partial charge in [-0.05, 0) is 42.0 Å². The lowest BCUT2D eigenvalue weighted by atomic mass is 9.90. The van der Waals surface area contributed by atoms with Crippen molar-refractivity contribution in [2.75, 3.05) is 17.1 Å². The number of nitrogens with one attached hydrogen (secondary N) is 1. The summed E-state index contributed by atoms with van der Waals surface area (Å²) in [6.07, 6.45) is -1.56. The van der Waals surface area contributed by atoms with E-state index >= 15 is 0 Å². The number of hydrogen-bond acceptors (Lipinski definition) is 6. The molecule has 172 valence electrons. The Morgan fingerprint density at radius 3 is 2.55 bits per heavy atom. The Bertz CT molecular complexity index is 1280. The van der Waals surface area contributed by atoms with Crippen molar-refractivity contribution >= 4 is 21.6 Å². The molecule has 1 atom stereocenters. The summed E-state index contributed by atoms with van der Waals surface area (Å²) in [6, 6.07) is 13.2. The number of alkyl halides is 3. The summed E-state index contributed by atoms with van der Waals surface area (Å²) in [6.45, 7) is 0.143. The minimum atomic E-state index is -4.90. The van der Waals surface area contributed by atoms with Gasteiger partial charge < -0.3 is 4.74 Å². The molecule has 0 bridgehead atoms. The summed E-state index contributed by atoms with van der Waals surface area (Å²) in [5.74, 6) is -2.48. The second-order valence-corrected chi connectivity index (χ2v) is 9.21. The van der Waals surface area contributed by atoms with Gasteiger partial charge >= 0.3 is 6.18 Å². The van der Waals surface area contributed by atoms with Crippen molar-refractivity contribution in [2.24, 2.45) is 5.92 Å². The first-order chi connectivity index (χ1) is 15.6. The van der Waals surface area contributed by atoms with E-state index in [0.717, 1.165) is 5.69 Å². The first-order valence-electron chi connectivity index (χ1n) is 9.85. The van der Waals surface area contributed by atoms with Crippen LogP contribution in [0.3, 0.4) is 0 Å². The summed E-state index contributed by atoms with van der Waals surface area (Å²) in [5, 5.41) is 0. The zero-order valence-corrected chi connectivity index (χ0v) is 17.9. The molecule has 0 saturated heterocycles. The van der Waals surface area contributed by atoms with Crippen molar-refractivity contribution in [3.05, 3.63) is 72.2 Å². The predicted molar refractivity (Wildman–Crippen MR) is 114 cm³/mol. The van der Waals surface area contributed by atoms with E-state index in [4.69, 9.17) is 4.74 Å². The Balaban J connectivity index is 1.59. The fraction of sp³-hybridized carbons (Fsp3) is 0.227. The number of carbonyl (C=O) groups excluding carboxylic acids is 1. The van der Waals surface area contributed by atoms with E-state index in [9.17, 15) is 26.4 Å². The maximum atomic E-state index is 12.9. The summed E-state index contributed by atoms with van der Waals surface area (Å²) in [5.41, 5.74) is 1.82. The van der Waals surface area contributed by atoms with Crippen LogP contribution in [-0.4, -0.2) is 42.7 Å². The molecule has 3 aromatic rings. The number of rotatable bonds is 6. The number of hydrogen-bond donors (Lipinski definition) is 1. The highest BCUT2D eigenvalue weighted by Gasteiger charge is 2.36. The summed E-state index contributed by atoms with van der Waals surface area (Å²) < 4.78 is 69.3. The van der Waals surface area contributed by atoms with E-state index in [-0.39, 0.29) is 23.8 Å². The second kappa shape index (κ2) is 8.81. The van der Waals surface area contributed by atoms with E-state index in [1.54, 1.807) is 30.5 Å². The zero-order valence-electron chi connectivity index (χ0n) is 17.0. The molecular weight excluding hydrogens is 459 g/mol. The summed E-state index contributed by atoms with van der Waals surface area (Å²) >= 11 is 0. The highest BCUT2D eigenvalue weighted by Crippen LogP contribution is 2.35. The lowest BCUT2D eigenvalue weighted by Gasteiger charge is -2.24. The van der Waals surface area contributed by atoms with Crippen LogP contribution in [0.5, 0.6) is 5.75 Å². The highest BCUT2D eigenvalue weighted by atomic mass is 32.2. The van der Waals surface area contributed by atoms with Gasteiger partial charge in [-0.25, -0.2) is 13.4 Å². The Hall–Kier alpha value is -3.47. The Labute approximate surface area is 187 Å². The standard InChI is InChI=1S/C22H18F3N3O4S/c23-22(24,25)13-33(30,31)28-21-17(5-3-9-27-21)14-6-7-18-19(11-14)32-12-15(20(18)29)10-16-4-1-2-8-26-16/h1-9,11,15H,10,12-13H2,(H,27,28). The molecule has 1 unspecified atom stereocenters. The minimum Gasteiger partial charge on any atom is -0.492 e. The number of carbonyl (C=O) groups is 1. The number of fused-ring (bicyclic) bond motifs is 1. The number of ketones is 1. The van der Waals surface area contributed by atoms with Crippen molar-refractivity contribution in [3.8, 4) is 16.9 Å². The fourth-order valence-electron chi connectivity index (χ4n) is 3.54. The molecule has 1 N–H and O–H groups in total. The van der Waals surface area contributed by atoms with Crippen molar-refractivity contribution in [3.63, 3.8) is 0 Å². The third-order valence-corrected chi connectivity index (χ3v) is 6.18. The van der Waals surface area contributed by atoms with Gasteiger partial charge in [0, 0.05) is 30.1 Å². The second-order valence-electron chi connectivity index (χ2n) is 7.48. The molecule has 11 heteroatoms. The van der Waals surface area contributed by atoms with Crippen LogP contribution < -0.4 is 9.46 Å². The molecule has 0 amide bonds. The Morgan fingerprint density at radius 1 is 1.03 bits per heavy atom. The molecule has 1 aromatic carbocycles. The highest BCUT2D eigenvalue weighted by molar-refractivity contribution is 7.92. The van der Waals surface area contributed by atoms with Gasteiger partial charge in [0.05, 0.1) is 18.1 Å². The van der Waals surface area contributed by atoms with Crippen molar-refractivity contribution in [2.45, 2.75) is 12.6 Å². The van der Waals surface area contributed by atoms with Gasteiger partial charge in [-0.2, -0.15) is 13.2 Å². The molecule has 0 fully saturated rings. The predicted octanol–water partition coefficient (Wildman–Crippen LogP) is 3.88. The number of Topliss-reactive ketones (excluding diaryl/α,β-unsaturated/α-hetero) is 1. The topological polar surface area (TPSA) is 98.2 Å². The quantitative estimate of drug-likeness (QED) is 0.579. The van der Waals surface area contributed by atoms with Gasteiger partial charge in [0.2, 0.25) is 10.0 Å². The Kier molecular flexibility index (Phi) is 6.07. The zero-order chi connectivity index (χ0) is 23.6. The van der Waals surface area contributed by atoms with Crippen LogP contribution in [-0.2, 0) is 16.4 Å². The van der Waals surface area contributed by atoms with Crippen LogP contribution in [0.25, 0.3) is 11.1 Å². The van der Waals surface area contributed by atoms with Gasteiger partial charge in [-0.15, -0.1) is 0 Å². The van der Waals surface area contributed by atoms with Crippen LogP contribution in [0.4, 0.5) is 19.0 Å². The number of aromatic nitrogens is 2. The van der Waals surface area contributed by atoms with Crippen LogP contribution in [0.15, 0.2) is 60.9 Å². The maximum absolute atomic E-state index is 12.9. The number of benzene rings is 1. The average Bonchev–Trinajstić information content (AvgIpc) is 2.75. The number of pyridine rings is 2. The molecule has 2 aromatic heterocycles. The molecule has 0 spiro atoms. The molecule has 4 rings (SSSR count). The molecule has 33 heavy (non-hydrogen) atoms. The van der Waals surface area contributed by atoms with Gasteiger partial charge in [0.15, 0.2) is 11.5 Å². The van der Waals surface area contributed by atoms with Crippen molar-refractivity contribution in [1.29, 1.82) is 0 Å². The molecule has 3 heterocycles. The average molecular weight is 477 g/mol. The Morgan fingerprint density at radius 2 is 1.82 bits per heavy atom. The maximum Gasteiger partial charge on any atom is 0.404 e. The number of nitrogens with zero attached hydrogens (tertiary/aromatic N) is 2. The summed E-state index contributed by atoms with van der Waals surface area (Å²) in [4.78, 5) is 21.1. The van der Waals surface area contributed by atoms with Crippen LogP contribution in [0.2, 0.25) is 0 Å². The molecule has 0 saturated carbocycles. The van der Waals surface area contributed by atoms with Gasteiger partial charge in [-0.3, -0.25) is 14.5 Å². The number of ether oxygens (including phenoxy) is 1. The van der Waals surface area contributed by atoms with Crippen LogP contribution in [0, 0.1) is 5.92 Å². The smallest absolute Gasteiger partial charge is 0.404 e. The SMILES string of the molecule is O=C1c2ccc(-c3cccnc3NS(=O)(=O)CC(F)(F)F)cc2OCC1Cc1ccccn1. The lowest BCUT2D eigenvalue weighted by Crippen LogP contribution is -2.29. The monoisotopic (exact) mass is 477 g/mol. The van der Waals surface area contributed by atoms with Crippen LogP contribution in [0.1, 0.15) is 16.1 Å². The third kappa shape index (κ3) is 5.48. The molecule has 0 radical (unpaired) electrons. The third-order valence-electron chi connectivity index (χ3n) is 4.96. The van der Waals surface area contributed by atoms with Crippen LogP contribution >= 0.6 is 0 Å². The normalized spacial score (nSPS) is 16.1. The molecule has 0 aliphatic carbocycles. The molecular formula is C22H18F3N3O4S. The fourth-order valence-corrected chi connectivity index (χ4v) is 4.50. The largest absolute Gasteiger partial charge is 0.492 e. The van der Waals surface area contributed by atoms with Gasteiger partial charge in [0.1, 0.15) is 11.6 Å². The van der Waals surface area contributed by atoms with E-state index in [1.165, 1.54) is 18.3 Å². The van der Waals surface area contributed by atoms with Gasteiger partial charge in [-0.1, -0.05) is 12.1 Å². The minimum absolute atomic E-state index is 0.106. The van der Waals surface area contributed by atoms with Crippen molar-refractivity contribution < 1.29 is 31.1 Å².